The van der Waals surface area contributed by atoms with E-state index in [1.165, 1.54) is 0 Å². The normalized spacial score (nSPS) is 12.8. The van der Waals surface area contributed by atoms with Crippen LogP contribution in [0.5, 0.6) is 5.88 Å². The summed E-state index contributed by atoms with van der Waals surface area (Å²) in [6, 6.07) is 8.23. The number of nitrogens with zero attached hydrogens (tertiary/aromatic N) is 2. The smallest absolute Gasteiger partial charge is 0.338 e. The highest BCUT2D eigenvalue weighted by Crippen LogP contribution is 2.19. The molecule has 0 unspecified atom stereocenters. The third-order valence-corrected chi connectivity index (χ3v) is 3.85. The van der Waals surface area contributed by atoms with Gasteiger partial charge in [0.1, 0.15) is 0 Å². The van der Waals surface area contributed by atoms with E-state index >= 15 is 0 Å². The third kappa shape index (κ3) is 4.17. The zero-order valence-corrected chi connectivity index (χ0v) is 14.2. The molecule has 1 aromatic carbocycles. The highest BCUT2D eigenvalue weighted by atomic mass is 16.5. The summed E-state index contributed by atoms with van der Waals surface area (Å²) in [6.45, 7) is 3.84. The SMILES string of the molecule is CCCCOC(=O)c1ccc(NC(=O)c2cc3n(n2)CCCO3)cc1. The molecule has 25 heavy (non-hydrogen) atoms. The van der Waals surface area contributed by atoms with Crippen molar-refractivity contribution >= 4 is 17.6 Å². The van der Waals surface area contributed by atoms with Crippen molar-refractivity contribution in [1.29, 1.82) is 0 Å². The summed E-state index contributed by atoms with van der Waals surface area (Å²) in [4.78, 5) is 24.1. The molecule has 1 amide bonds. The van der Waals surface area contributed by atoms with Crippen molar-refractivity contribution in [1.82, 2.24) is 9.78 Å². The van der Waals surface area contributed by atoms with Crippen molar-refractivity contribution in [2.45, 2.75) is 32.7 Å². The van der Waals surface area contributed by atoms with Crippen molar-refractivity contribution < 1.29 is 19.1 Å². The molecule has 0 fully saturated rings. The van der Waals surface area contributed by atoms with Crippen molar-refractivity contribution in [3.63, 3.8) is 0 Å². The van der Waals surface area contributed by atoms with Gasteiger partial charge in [0.15, 0.2) is 5.69 Å². The maximum absolute atomic E-state index is 12.3. The summed E-state index contributed by atoms with van der Waals surface area (Å²) in [6.07, 6.45) is 2.70. The number of carbonyl (C=O) groups excluding carboxylic acids is 2. The van der Waals surface area contributed by atoms with Gasteiger partial charge in [0.2, 0.25) is 5.88 Å². The van der Waals surface area contributed by atoms with Crippen LogP contribution in [0.15, 0.2) is 30.3 Å². The molecule has 0 saturated heterocycles. The molecule has 132 valence electrons. The van der Waals surface area contributed by atoms with Crippen LogP contribution >= 0.6 is 0 Å². The summed E-state index contributed by atoms with van der Waals surface area (Å²) in [5, 5.41) is 7.00. The van der Waals surface area contributed by atoms with Crippen molar-refractivity contribution in [3.8, 4) is 5.88 Å². The van der Waals surface area contributed by atoms with E-state index in [4.69, 9.17) is 9.47 Å². The molecule has 7 nitrogen and oxygen atoms in total. The highest BCUT2D eigenvalue weighted by Gasteiger charge is 2.18. The first kappa shape index (κ1) is 17.0. The summed E-state index contributed by atoms with van der Waals surface area (Å²) in [7, 11) is 0. The Morgan fingerprint density at radius 2 is 2.12 bits per heavy atom. The first-order valence-corrected chi connectivity index (χ1v) is 8.46. The van der Waals surface area contributed by atoms with Crippen LogP contribution < -0.4 is 10.1 Å². The number of hydrogen-bond donors (Lipinski definition) is 1. The maximum Gasteiger partial charge on any atom is 0.338 e. The summed E-state index contributed by atoms with van der Waals surface area (Å²) in [5.74, 6) is -0.0596. The Bertz CT molecular complexity index is 729. The van der Waals surface area contributed by atoms with E-state index in [1.807, 2.05) is 6.92 Å². The van der Waals surface area contributed by atoms with Gasteiger partial charge in [-0.05, 0) is 30.7 Å². The fraction of sp³-hybridized carbons (Fsp3) is 0.389. The topological polar surface area (TPSA) is 82.5 Å². The van der Waals surface area contributed by atoms with Crippen LogP contribution in [0.25, 0.3) is 0 Å². The number of esters is 1. The minimum absolute atomic E-state index is 0.306. The molecular formula is C18H21N3O4. The quantitative estimate of drug-likeness (QED) is 0.644. The second-order valence-corrected chi connectivity index (χ2v) is 5.81. The number of hydrogen-bond acceptors (Lipinski definition) is 5. The molecule has 2 heterocycles. The molecule has 0 radical (unpaired) electrons. The van der Waals surface area contributed by atoms with Gasteiger partial charge in [-0.3, -0.25) is 4.79 Å². The Hall–Kier alpha value is -2.83. The fourth-order valence-corrected chi connectivity index (χ4v) is 2.46. The Labute approximate surface area is 145 Å². The van der Waals surface area contributed by atoms with Gasteiger partial charge in [-0.2, -0.15) is 5.10 Å². The molecule has 1 aliphatic rings. The lowest BCUT2D eigenvalue weighted by atomic mass is 10.2. The number of carbonyl (C=O) groups is 2. The van der Waals surface area contributed by atoms with Gasteiger partial charge in [-0.25, -0.2) is 9.48 Å². The number of anilines is 1. The number of aromatic nitrogens is 2. The van der Waals surface area contributed by atoms with Gasteiger partial charge in [0, 0.05) is 24.7 Å². The predicted octanol–water partition coefficient (Wildman–Crippen LogP) is 2.87. The lowest BCUT2D eigenvalue weighted by Crippen LogP contribution is -2.16. The summed E-state index contributed by atoms with van der Waals surface area (Å²) >= 11 is 0. The molecule has 0 saturated carbocycles. The van der Waals surface area contributed by atoms with Crippen LogP contribution in [0.4, 0.5) is 5.69 Å². The van der Waals surface area contributed by atoms with E-state index in [1.54, 1.807) is 35.0 Å². The fourth-order valence-electron chi connectivity index (χ4n) is 2.46. The van der Waals surface area contributed by atoms with Crippen molar-refractivity contribution in [2.24, 2.45) is 0 Å². The van der Waals surface area contributed by atoms with E-state index in [2.05, 4.69) is 10.4 Å². The van der Waals surface area contributed by atoms with Crippen LogP contribution in [-0.2, 0) is 11.3 Å². The Kier molecular flexibility index (Phi) is 5.33. The van der Waals surface area contributed by atoms with E-state index in [-0.39, 0.29) is 11.9 Å². The molecule has 0 aliphatic carbocycles. The Morgan fingerprint density at radius 1 is 1.32 bits per heavy atom. The molecular weight excluding hydrogens is 322 g/mol. The van der Waals surface area contributed by atoms with Crippen molar-refractivity contribution in [2.75, 3.05) is 18.5 Å². The van der Waals surface area contributed by atoms with Gasteiger partial charge in [-0.15, -0.1) is 0 Å². The first-order valence-electron chi connectivity index (χ1n) is 8.46. The number of rotatable bonds is 6. The van der Waals surface area contributed by atoms with Gasteiger partial charge in [0.25, 0.3) is 5.91 Å². The van der Waals surface area contributed by atoms with Crippen LogP contribution in [0, 0.1) is 0 Å². The molecule has 0 bridgehead atoms. The Morgan fingerprint density at radius 3 is 2.84 bits per heavy atom. The van der Waals surface area contributed by atoms with Gasteiger partial charge >= 0.3 is 5.97 Å². The third-order valence-electron chi connectivity index (χ3n) is 3.85. The van der Waals surface area contributed by atoms with Gasteiger partial charge in [0.05, 0.1) is 18.8 Å². The first-order chi connectivity index (χ1) is 12.2. The summed E-state index contributed by atoms with van der Waals surface area (Å²) < 4.78 is 12.3. The minimum Gasteiger partial charge on any atom is -0.478 e. The molecule has 0 spiro atoms. The predicted molar refractivity (Wildman–Crippen MR) is 91.9 cm³/mol. The number of nitrogens with one attached hydrogen (secondary N) is 1. The second-order valence-electron chi connectivity index (χ2n) is 5.81. The van der Waals surface area contributed by atoms with E-state index in [0.717, 1.165) is 25.8 Å². The second kappa shape index (κ2) is 7.83. The van der Waals surface area contributed by atoms with Crippen LogP contribution in [0.1, 0.15) is 47.0 Å². The molecule has 1 aromatic heterocycles. The lowest BCUT2D eigenvalue weighted by Gasteiger charge is -2.13. The number of fused-ring (bicyclic) bond motifs is 1. The molecule has 0 atom stereocenters. The van der Waals surface area contributed by atoms with E-state index in [0.29, 0.717) is 36.0 Å². The van der Waals surface area contributed by atoms with Gasteiger partial charge < -0.3 is 14.8 Å². The minimum atomic E-state index is -0.356. The number of unbranched alkanes of at least 4 members (excludes halogenated alkanes) is 1. The summed E-state index contributed by atoms with van der Waals surface area (Å²) in [5.41, 5.74) is 1.35. The maximum atomic E-state index is 12.3. The average molecular weight is 343 g/mol. The zero-order valence-electron chi connectivity index (χ0n) is 14.2. The molecule has 1 N–H and O–H groups in total. The standard InChI is InChI=1S/C18H21N3O4/c1-2-3-10-25-18(23)13-5-7-14(8-6-13)19-17(22)15-12-16-21(20-15)9-4-11-24-16/h5-8,12H,2-4,9-11H2,1H3,(H,19,22). The average Bonchev–Trinajstić information content (AvgIpc) is 3.07. The molecule has 7 heteroatoms. The Balaban J connectivity index is 1.60. The van der Waals surface area contributed by atoms with Gasteiger partial charge in [-0.1, -0.05) is 13.3 Å². The largest absolute Gasteiger partial charge is 0.478 e. The van der Waals surface area contributed by atoms with E-state index < -0.39 is 0 Å². The number of amides is 1. The number of aryl methyl sites for hydroxylation is 1. The molecule has 2 aromatic rings. The van der Waals surface area contributed by atoms with Crippen molar-refractivity contribution in [3.05, 3.63) is 41.6 Å². The van der Waals surface area contributed by atoms with Crippen LogP contribution in [0.3, 0.4) is 0 Å². The highest BCUT2D eigenvalue weighted by molar-refractivity contribution is 6.03. The monoisotopic (exact) mass is 343 g/mol. The van der Waals surface area contributed by atoms with E-state index in [9.17, 15) is 9.59 Å². The van der Waals surface area contributed by atoms with Crippen LogP contribution in [0.2, 0.25) is 0 Å². The van der Waals surface area contributed by atoms with Crippen LogP contribution in [-0.4, -0.2) is 34.9 Å². The zero-order chi connectivity index (χ0) is 17.6. The molecule has 1 aliphatic heterocycles. The number of benzene rings is 1. The molecule has 3 rings (SSSR count). The number of ether oxygens (including phenoxy) is 2. The lowest BCUT2D eigenvalue weighted by molar-refractivity contribution is 0.0499.